The van der Waals surface area contributed by atoms with Gasteiger partial charge in [0, 0.05) is 5.39 Å². The fourth-order valence-corrected chi connectivity index (χ4v) is 1.88. The van der Waals surface area contributed by atoms with E-state index in [9.17, 15) is 8.60 Å². The van der Waals surface area contributed by atoms with Crippen molar-refractivity contribution in [2.75, 3.05) is 0 Å². The van der Waals surface area contributed by atoms with Crippen LogP contribution in [-0.4, -0.2) is 15.2 Å². The number of rotatable bonds is 2. The Bertz CT molecular complexity index is 625. The van der Waals surface area contributed by atoms with Crippen LogP contribution in [-0.2, 0) is 11.0 Å². The van der Waals surface area contributed by atoms with E-state index < -0.39 is 21.5 Å². The van der Waals surface area contributed by atoms with Crippen molar-refractivity contribution in [2.24, 2.45) is 4.40 Å². The molecule has 18 heavy (non-hydrogen) atoms. The zero-order chi connectivity index (χ0) is 13.3. The molecule has 0 aliphatic rings. The molecule has 0 saturated carbocycles. The molecule has 0 N–H and O–H groups in total. The Kier molecular flexibility index (Phi) is 3.34. The normalized spacial score (nSPS) is 14.4. The molecule has 3 nitrogen and oxygen atoms in total. The van der Waals surface area contributed by atoms with Gasteiger partial charge in [0.25, 0.3) is 0 Å². The molecule has 0 fully saturated rings. The van der Waals surface area contributed by atoms with Crippen LogP contribution in [0.5, 0.6) is 0 Å². The zero-order valence-electron chi connectivity index (χ0n) is 10.4. The second-order valence-corrected chi connectivity index (χ2v) is 6.84. The van der Waals surface area contributed by atoms with E-state index in [0.29, 0.717) is 11.1 Å². The molecule has 1 aromatic heterocycles. The smallest absolute Gasteiger partial charge is 0.170 e. The summed E-state index contributed by atoms with van der Waals surface area (Å²) in [6.45, 7) is 5.50. The van der Waals surface area contributed by atoms with Gasteiger partial charge in [-0.2, -0.15) is 4.40 Å². The van der Waals surface area contributed by atoms with Crippen LogP contribution in [0.4, 0.5) is 4.39 Å². The van der Waals surface area contributed by atoms with Gasteiger partial charge in [-0.15, -0.1) is 0 Å². The highest BCUT2D eigenvalue weighted by atomic mass is 32.2. The molecule has 2 aromatic rings. The third-order valence-electron chi connectivity index (χ3n) is 2.31. The van der Waals surface area contributed by atoms with Crippen LogP contribution in [0.2, 0.25) is 0 Å². The Labute approximate surface area is 107 Å². The topological polar surface area (TPSA) is 42.6 Å². The van der Waals surface area contributed by atoms with Crippen LogP contribution >= 0.6 is 0 Å². The van der Waals surface area contributed by atoms with Crippen molar-refractivity contribution >= 4 is 28.2 Å². The van der Waals surface area contributed by atoms with Gasteiger partial charge in [0.1, 0.15) is 16.7 Å². The summed E-state index contributed by atoms with van der Waals surface area (Å²) in [4.78, 5) is 0. The maximum Gasteiger partial charge on any atom is 0.170 e. The van der Waals surface area contributed by atoms with Gasteiger partial charge in [-0.1, -0.05) is 12.1 Å². The monoisotopic (exact) mass is 267 g/mol. The fraction of sp³-hybridized carbons (Fsp3) is 0.308. The highest BCUT2D eigenvalue weighted by Gasteiger charge is 2.18. The van der Waals surface area contributed by atoms with Crippen molar-refractivity contribution in [3.8, 4) is 0 Å². The van der Waals surface area contributed by atoms with Crippen LogP contribution in [0.25, 0.3) is 11.0 Å². The molecule has 1 atom stereocenters. The second-order valence-electron chi connectivity index (χ2n) is 4.90. The molecule has 0 aliphatic carbocycles. The standard InChI is InChI=1S/C13H14FNO2S/c1-13(2,3)18(16)15-8-10-7-9-5-4-6-11(14)12(9)17-10/h4-8H,1-3H3/t18-/m0/s1. The van der Waals surface area contributed by atoms with Crippen LogP contribution < -0.4 is 0 Å². The number of hydrogen-bond donors (Lipinski definition) is 0. The Morgan fingerprint density at radius 3 is 2.72 bits per heavy atom. The summed E-state index contributed by atoms with van der Waals surface area (Å²) < 4.78 is 33.9. The molecule has 96 valence electrons. The lowest BCUT2D eigenvalue weighted by Gasteiger charge is -2.12. The van der Waals surface area contributed by atoms with Crippen LogP contribution in [0.3, 0.4) is 0 Å². The van der Waals surface area contributed by atoms with E-state index in [1.54, 1.807) is 18.2 Å². The predicted molar refractivity (Wildman–Crippen MR) is 71.7 cm³/mol. The van der Waals surface area contributed by atoms with Gasteiger partial charge in [-0.05, 0) is 32.9 Å². The van der Waals surface area contributed by atoms with E-state index in [1.807, 2.05) is 20.8 Å². The molecular formula is C13H14FNO2S. The molecule has 0 aliphatic heterocycles. The predicted octanol–water partition coefficient (Wildman–Crippen LogP) is 3.45. The Morgan fingerprint density at radius 1 is 1.39 bits per heavy atom. The maximum absolute atomic E-state index is 13.4. The number of nitrogens with zero attached hydrogens (tertiary/aromatic N) is 1. The maximum atomic E-state index is 13.4. The Morgan fingerprint density at radius 2 is 2.11 bits per heavy atom. The van der Waals surface area contributed by atoms with Gasteiger partial charge >= 0.3 is 0 Å². The van der Waals surface area contributed by atoms with Crippen molar-refractivity contribution in [2.45, 2.75) is 25.5 Å². The van der Waals surface area contributed by atoms with Crippen molar-refractivity contribution in [1.82, 2.24) is 0 Å². The number of hydrogen-bond acceptors (Lipinski definition) is 2. The molecular weight excluding hydrogens is 253 g/mol. The van der Waals surface area contributed by atoms with Gasteiger partial charge < -0.3 is 4.42 Å². The summed E-state index contributed by atoms with van der Waals surface area (Å²) in [5.74, 6) is -0.0169. The SMILES string of the molecule is CC(C)(C)[S@](=O)N=Cc1cc2cccc(F)c2o1. The highest BCUT2D eigenvalue weighted by molar-refractivity contribution is 7.85. The first-order valence-electron chi connectivity index (χ1n) is 5.52. The average molecular weight is 267 g/mol. The molecule has 1 aromatic carbocycles. The summed E-state index contributed by atoms with van der Waals surface area (Å²) >= 11 is 0. The summed E-state index contributed by atoms with van der Waals surface area (Å²) in [5.41, 5.74) is 0.195. The molecule has 5 heteroatoms. The Balaban J connectivity index is 2.31. The highest BCUT2D eigenvalue weighted by Crippen LogP contribution is 2.21. The molecule has 0 bridgehead atoms. The molecule has 2 rings (SSSR count). The lowest BCUT2D eigenvalue weighted by molar-refractivity contribution is 0.556. The number of fused-ring (bicyclic) bond motifs is 1. The zero-order valence-corrected chi connectivity index (χ0v) is 11.3. The van der Waals surface area contributed by atoms with E-state index in [0.717, 1.165) is 0 Å². The lowest BCUT2D eigenvalue weighted by atomic mass is 10.2. The summed E-state index contributed by atoms with van der Waals surface area (Å²) in [7, 11) is -1.35. The largest absolute Gasteiger partial charge is 0.452 e. The average Bonchev–Trinajstić information content (AvgIpc) is 2.69. The first-order valence-corrected chi connectivity index (χ1v) is 6.63. The summed E-state index contributed by atoms with van der Waals surface area (Å²) in [6, 6.07) is 6.36. The molecule has 0 radical (unpaired) electrons. The van der Waals surface area contributed by atoms with E-state index in [-0.39, 0.29) is 5.58 Å². The first kappa shape index (κ1) is 13.0. The summed E-state index contributed by atoms with van der Waals surface area (Å²) in [6.07, 6.45) is 1.38. The molecule has 0 saturated heterocycles. The van der Waals surface area contributed by atoms with Crippen molar-refractivity contribution < 1.29 is 13.0 Å². The Hall–Kier alpha value is -1.49. The number of para-hydroxylation sites is 1. The quantitative estimate of drug-likeness (QED) is 0.782. The minimum absolute atomic E-state index is 0.195. The minimum Gasteiger partial charge on any atom is -0.452 e. The lowest BCUT2D eigenvalue weighted by Crippen LogP contribution is -2.19. The third-order valence-corrected chi connectivity index (χ3v) is 3.66. The van der Waals surface area contributed by atoms with E-state index in [1.165, 1.54) is 12.3 Å². The van der Waals surface area contributed by atoms with Gasteiger partial charge in [0.2, 0.25) is 0 Å². The second kappa shape index (κ2) is 4.65. The van der Waals surface area contributed by atoms with Gasteiger partial charge in [-0.3, -0.25) is 0 Å². The van der Waals surface area contributed by atoms with Crippen LogP contribution in [0.1, 0.15) is 26.5 Å². The fourth-order valence-electron chi connectivity index (χ4n) is 1.37. The minimum atomic E-state index is -1.35. The summed E-state index contributed by atoms with van der Waals surface area (Å²) in [5, 5.41) is 0.665. The third kappa shape index (κ3) is 2.67. The first-order chi connectivity index (χ1) is 8.38. The van der Waals surface area contributed by atoms with E-state index >= 15 is 0 Å². The van der Waals surface area contributed by atoms with Crippen molar-refractivity contribution in [3.63, 3.8) is 0 Å². The van der Waals surface area contributed by atoms with Crippen LogP contribution in [0, 0.1) is 5.82 Å². The number of furan rings is 1. The van der Waals surface area contributed by atoms with Crippen molar-refractivity contribution in [1.29, 1.82) is 0 Å². The van der Waals surface area contributed by atoms with Crippen molar-refractivity contribution in [3.05, 3.63) is 35.8 Å². The molecule has 1 heterocycles. The van der Waals surface area contributed by atoms with E-state index in [4.69, 9.17) is 4.42 Å². The van der Waals surface area contributed by atoms with Gasteiger partial charge in [0.05, 0.1) is 11.0 Å². The van der Waals surface area contributed by atoms with Gasteiger partial charge in [0.15, 0.2) is 11.4 Å². The number of halogens is 1. The molecule has 0 amide bonds. The van der Waals surface area contributed by atoms with E-state index in [2.05, 4.69) is 4.40 Å². The van der Waals surface area contributed by atoms with Gasteiger partial charge in [-0.25, -0.2) is 8.60 Å². The number of benzene rings is 1. The van der Waals surface area contributed by atoms with Crippen LogP contribution in [0.15, 0.2) is 33.1 Å². The molecule has 0 spiro atoms. The molecule has 0 unspecified atom stereocenters.